The molecular weight excluding hydrogens is 236 g/mol. The average Bonchev–Trinajstić information content (AvgIpc) is 2.38. The number of aromatic nitrogens is 1. The summed E-state index contributed by atoms with van der Waals surface area (Å²) < 4.78 is 5.26. The summed E-state index contributed by atoms with van der Waals surface area (Å²) in [5, 5.41) is 0. The third-order valence-electron chi connectivity index (χ3n) is 4.22. The molecule has 0 amide bonds. The summed E-state index contributed by atoms with van der Waals surface area (Å²) in [5.41, 5.74) is 7.58. The smallest absolute Gasteiger partial charge is 0.137 e. The summed E-state index contributed by atoms with van der Waals surface area (Å²) >= 11 is 0. The highest BCUT2D eigenvalue weighted by Gasteiger charge is 2.34. The highest BCUT2D eigenvalue weighted by atomic mass is 16.5. The first kappa shape index (κ1) is 14.3. The van der Waals surface area contributed by atoms with E-state index in [2.05, 4.69) is 18.8 Å². The van der Waals surface area contributed by atoms with Gasteiger partial charge in [0.15, 0.2) is 0 Å². The number of hydrogen-bond donors (Lipinski definition) is 1. The molecule has 0 radical (unpaired) electrons. The van der Waals surface area contributed by atoms with E-state index in [1.807, 2.05) is 12.3 Å². The Morgan fingerprint density at radius 1 is 1.47 bits per heavy atom. The molecule has 2 N–H and O–H groups in total. The Morgan fingerprint density at radius 3 is 2.95 bits per heavy atom. The van der Waals surface area contributed by atoms with Crippen molar-refractivity contribution in [1.82, 2.24) is 4.98 Å². The molecule has 106 valence electrons. The number of nitrogens with two attached hydrogens (primary N) is 1. The lowest BCUT2D eigenvalue weighted by atomic mass is 9.71. The SMILES string of the molecule is COc1cncc(C2(N)CCCC(CC(C)C)C2)c1. The Kier molecular flexibility index (Phi) is 4.46. The van der Waals surface area contributed by atoms with Gasteiger partial charge in [-0.2, -0.15) is 0 Å². The topological polar surface area (TPSA) is 48.1 Å². The molecule has 0 spiro atoms. The Labute approximate surface area is 116 Å². The second kappa shape index (κ2) is 5.91. The van der Waals surface area contributed by atoms with Gasteiger partial charge in [0, 0.05) is 11.7 Å². The molecule has 1 heterocycles. The van der Waals surface area contributed by atoms with Gasteiger partial charge in [-0.05, 0) is 42.7 Å². The molecular formula is C16H26N2O. The Hall–Kier alpha value is -1.09. The van der Waals surface area contributed by atoms with Crippen LogP contribution in [-0.4, -0.2) is 12.1 Å². The number of methoxy groups -OCH3 is 1. The first-order valence-corrected chi connectivity index (χ1v) is 7.32. The van der Waals surface area contributed by atoms with Gasteiger partial charge in [-0.3, -0.25) is 4.98 Å². The van der Waals surface area contributed by atoms with Crippen molar-refractivity contribution >= 4 is 0 Å². The van der Waals surface area contributed by atoms with Crippen molar-refractivity contribution in [3.8, 4) is 5.75 Å². The van der Waals surface area contributed by atoms with Gasteiger partial charge in [0.1, 0.15) is 5.75 Å². The Morgan fingerprint density at radius 2 is 2.26 bits per heavy atom. The number of ether oxygens (including phenoxy) is 1. The van der Waals surface area contributed by atoms with Crippen LogP contribution >= 0.6 is 0 Å². The molecule has 2 rings (SSSR count). The molecule has 1 fully saturated rings. The molecule has 2 unspecified atom stereocenters. The second-order valence-corrected chi connectivity index (χ2v) is 6.36. The monoisotopic (exact) mass is 262 g/mol. The van der Waals surface area contributed by atoms with Crippen molar-refractivity contribution in [3.05, 3.63) is 24.0 Å². The first-order chi connectivity index (χ1) is 9.03. The van der Waals surface area contributed by atoms with E-state index in [9.17, 15) is 0 Å². The van der Waals surface area contributed by atoms with Crippen LogP contribution in [0.4, 0.5) is 0 Å². The molecule has 3 nitrogen and oxygen atoms in total. The van der Waals surface area contributed by atoms with Gasteiger partial charge in [-0.1, -0.05) is 26.7 Å². The van der Waals surface area contributed by atoms with Gasteiger partial charge in [0.25, 0.3) is 0 Å². The lowest BCUT2D eigenvalue weighted by Gasteiger charge is -2.39. The summed E-state index contributed by atoms with van der Waals surface area (Å²) in [7, 11) is 1.67. The number of hydrogen-bond acceptors (Lipinski definition) is 3. The molecule has 0 bridgehead atoms. The number of rotatable bonds is 4. The molecule has 1 aliphatic rings. The summed E-state index contributed by atoms with van der Waals surface area (Å²) in [4.78, 5) is 4.26. The third-order valence-corrected chi connectivity index (χ3v) is 4.22. The van der Waals surface area contributed by atoms with E-state index in [4.69, 9.17) is 10.5 Å². The number of nitrogens with zero attached hydrogens (tertiary/aromatic N) is 1. The van der Waals surface area contributed by atoms with Crippen LogP contribution in [0.3, 0.4) is 0 Å². The number of pyridine rings is 1. The fraction of sp³-hybridized carbons (Fsp3) is 0.688. The maximum atomic E-state index is 6.67. The predicted octanol–water partition coefficient (Wildman–Crippen LogP) is 3.48. The highest BCUT2D eigenvalue weighted by molar-refractivity contribution is 5.29. The van der Waals surface area contributed by atoms with Gasteiger partial charge >= 0.3 is 0 Å². The zero-order valence-corrected chi connectivity index (χ0v) is 12.4. The van der Waals surface area contributed by atoms with E-state index in [1.54, 1.807) is 13.3 Å². The van der Waals surface area contributed by atoms with Crippen molar-refractivity contribution in [2.24, 2.45) is 17.6 Å². The molecule has 1 aromatic rings. The highest BCUT2D eigenvalue weighted by Crippen LogP contribution is 2.40. The normalized spacial score (nSPS) is 27.5. The van der Waals surface area contributed by atoms with Crippen molar-refractivity contribution in [2.45, 2.75) is 51.5 Å². The van der Waals surface area contributed by atoms with Gasteiger partial charge in [-0.15, -0.1) is 0 Å². The van der Waals surface area contributed by atoms with Gasteiger partial charge < -0.3 is 10.5 Å². The van der Waals surface area contributed by atoms with Crippen LogP contribution in [0.5, 0.6) is 5.75 Å². The van der Waals surface area contributed by atoms with Crippen LogP contribution in [0.25, 0.3) is 0 Å². The fourth-order valence-electron chi connectivity index (χ4n) is 3.36. The first-order valence-electron chi connectivity index (χ1n) is 7.32. The quantitative estimate of drug-likeness (QED) is 0.903. The van der Waals surface area contributed by atoms with Gasteiger partial charge in [0.05, 0.1) is 13.3 Å². The minimum absolute atomic E-state index is 0.223. The maximum absolute atomic E-state index is 6.67. The minimum atomic E-state index is -0.223. The Bertz CT molecular complexity index is 419. The summed E-state index contributed by atoms with van der Waals surface area (Å²) in [6, 6.07) is 2.05. The van der Waals surface area contributed by atoms with Crippen LogP contribution in [0.15, 0.2) is 18.5 Å². The molecule has 0 aromatic carbocycles. The van der Waals surface area contributed by atoms with Crippen LogP contribution in [0.2, 0.25) is 0 Å². The van der Waals surface area contributed by atoms with E-state index in [-0.39, 0.29) is 5.54 Å². The van der Waals surface area contributed by atoms with Crippen LogP contribution < -0.4 is 10.5 Å². The zero-order valence-electron chi connectivity index (χ0n) is 12.4. The Balaban J connectivity index is 2.16. The van der Waals surface area contributed by atoms with Crippen LogP contribution in [0, 0.1) is 11.8 Å². The summed E-state index contributed by atoms with van der Waals surface area (Å²) in [6.07, 6.45) is 9.56. The lowest BCUT2D eigenvalue weighted by molar-refractivity contribution is 0.201. The summed E-state index contributed by atoms with van der Waals surface area (Å²) in [5.74, 6) is 2.29. The molecule has 2 atom stereocenters. The minimum Gasteiger partial charge on any atom is -0.495 e. The molecule has 1 aliphatic carbocycles. The standard InChI is InChI=1S/C16H26N2O/c1-12(2)7-13-5-4-6-16(17,9-13)14-8-15(19-3)11-18-10-14/h8,10-13H,4-7,9,17H2,1-3H3. The zero-order chi connectivity index (χ0) is 13.9. The van der Waals surface area contributed by atoms with E-state index < -0.39 is 0 Å². The molecule has 0 aliphatic heterocycles. The van der Waals surface area contributed by atoms with E-state index >= 15 is 0 Å². The van der Waals surface area contributed by atoms with Crippen LogP contribution in [0.1, 0.15) is 51.5 Å². The predicted molar refractivity (Wildman–Crippen MR) is 78.1 cm³/mol. The largest absolute Gasteiger partial charge is 0.495 e. The molecule has 0 saturated heterocycles. The fourth-order valence-corrected chi connectivity index (χ4v) is 3.36. The van der Waals surface area contributed by atoms with Crippen LogP contribution in [-0.2, 0) is 5.54 Å². The summed E-state index contributed by atoms with van der Waals surface area (Å²) in [6.45, 7) is 4.58. The van der Waals surface area contributed by atoms with Gasteiger partial charge in [-0.25, -0.2) is 0 Å². The van der Waals surface area contributed by atoms with Crippen molar-refractivity contribution in [1.29, 1.82) is 0 Å². The van der Waals surface area contributed by atoms with E-state index in [1.165, 1.54) is 19.3 Å². The van der Waals surface area contributed by atoms with E-state index in [0.29, 0.717) is 0 Å². The molecule has 3 heteroatoms. The third kappa shape index (κ3) is 3.47. The molecule has 19 heavy (non-hydrogen) atoms. The maximum Gasteiger partial charge on any atom is 0.137 e. The van der Waals surface area contributed by atoms with Crippen molar-refractivity contribution in [2.75, 3.05) is 7.11 Å². The molecule has 1 saturated carbocycles. The lowest BCUT2D eigenvalue weighted by Crippen LogP contribution is -2.41. The van der Waals surface area contributed by atoms with Crippen molar-refractivity contribution < 1.29 is 4.74 Å². The molecule has 1 aromatic heterocycles. The van der Waals surface area contributed by atoms with Crippen molar-refractivity contribution in [3.63, 3.8) is 0 Å². The average molecular weight is 262 g/mol. The van der Waals surface area contributed by atoms with E-state index in [0.717, 1.165) is 36.0 Å². The van der Waals surface area contributed by atoms with Gasteiger partial charge in [0.2, 0.25) is 0 Å². The second-order valence-electron chi connectivity index (χ2n) is 6.36.